The number of methoxy groups -OCH3 is 2. The van der Waals surface area contributed by atoms with Crippen molar-refractivity contribution in [3.05, 3.63) is 57.9 Å². The molecular weight excluding hydrogens is 295 g/mol. The number of benzene rings is 2. The van der Waals surface area contributed by atoms with Gasteiger partial charge in [-0.15, -0.1) is 0 Å². The lowest BCUT2D eigenvalue weighted by atomic mass is 9.98. The molecule has 0 spiro atoms. The van der Waals surface area contributed by atoms with E-state index in [9.17, 15) is 9.18 Å². The van der Waals surface area contributed by atoms with Crippen LogP contribution in [0.5, 0.6) is 11.5 Å². The molecule has 0 fully saturated rings. The van der Waals surface area contributed by atoms with Gasteiger partial charge < -0.3 is 9.47 Å². The summed E-state index contributed by atoms with van der Waals surface area (Å²) in [5, 5.41) is 0.251. The second kappa shape index (κ2) is 6.14. The van der Waals surface area contributed by atoms with Gasteiger partial charge in [-0.2, -0.15) is 0 Å². The first-order chi connectivity index (χ1) is 9.97. The lowest BCUT2D eigenvalue weighted by Crippen LogP contribution is -2.06. The first-order valence-corrected chi connectivity index (χ1v) is 6.58. The molecule has 0 aliphatic carbocycles. The molecule has 0 saturated heterocycles. The second-order valence-corrected chi connectivity index (χ2v) is 4.88. The lowest BCUT2D eigenvalue weighted by Gasteiger charge is -2.12. The molecule has 2 aromatic carbocycles. The Morgan fingerprint density at radius 1 is 1.05 bits per heavy atom. The SMILES string of the molecule is COc1cc(Cl)c(C(=O)c2ccc(F)cc2C)cc1OC. The highest BCUT2D eigenvalue weighted by molar-refractivity contribution is 6.35. The highest BCUT2D eigenvalue weighted by atomic mass is 35.5. The molecule has 0 saturated carbocycles. The molecule has 0 aromatic heterocycles. The molecule has 2 rings (SSSR count). The molecule has 0 aliphatic rings. The zero-order valence-electron chi connectivity index (χ0n) is 11.9. The number of carbonyl (C=O) groups excluding carboxylic acids is 1. The van der Waals surface area contributed by atoms with Crippen LogP contribution in [0, 0.1) is 12.7 Å². The van der Waals surface area contributed by atoms with Crippen molar-refractivity contribution in [2.45, 2.75) is 6.92 Å². The topological polar surface area (TPSA) is 35.5 Å². The Morgan fingerprint density at radius 3 is 2.24 bits per heavy atom. The Bertz CT molecular complexity index is 698. The largest absolute Gasteiger partial charge is 0.493 e. The van der Waals surface area contributed by atoms with E-state index < -0.39 is 0 Å². The third-order valence-electron chi connectivity index (χ3n) is 3.15. The summed E-state index contributed by atoms with van der Waals surface area (Å²) in [6.45, 7) is 1.67. The quantitative estimate of drug-likeness (QED) is 0.800. The minimum atomic E-state index is -0.387. The molecule has 110 valence electrons. The van der Waals surface area contributed by atoms with Crippen LogP contribution in [0.15, 0.2) is 30.3 Å². The number of halogens is 2. The molecule has 0 N–H and O–H groups in total. The average Bonchev–Trinajstić information content (AvgIpc) is 2.46. The van der Waals surface area contributed by atoms with Crippen LogP contribution in [0.2, 0.25) is 5.02 Å². The second-order valence-electron chi connectivity index (χ2n) is 4.48. The van der Waals surface area contributed by atoms with E-state index in [1.807, 2.05) is 0 Å². The van der Waals surface area contributed by atoms with Crippen LogP contribution in [-0.4, -0.2) is 20.0 Å². The molecule has 3 nitrogen and oxygen atoms in total. The van der Waals surface area contributed by atoms with Crippen LogP contribution in [0.25, 0.3) is 0 Å². The molecule has 0 amide bonds. The third kappa shape index (κ3) is 3.00. The molecule has 0 radical (unpaired) electrons. The predicted molar refractivity (Wildman–Crippen MR) is 79.1 cm³/mol. The fraction of sp³-hybridized carbons (Fsp3) is 0.188. The van der Waals surface area contributed by atoms with Gasteiger partial charge in [-0.05, 0) is 36.8 Å². The van der Waals surface area contributed by atoms with Crippen molar-refractivity contribution >= 4 is 17.4 Å². The van der Waals surface area contributed by atoms with Crippen molar-refractivity contribution in [1.29, 1.82) is 0 Å². The van der Waals surface area contributed by atoms with Gasteiger partial charge in [0, 0.05) is 17.2 Å². The zero-order chi connectivity index (χ0) is 15.6. The molecule has 0 atom stereocenters. The van der Waals surface area contributed by atoms with Crippen LogP contribution in [0.4, 0.5) is 4.39 Å². The maximum atomic E-state index is 13.1. The van der Waals surface area contributed by atoms with E-state index in [0.717, 1.165) is 0 Å². The van der Waals surface area contributed by atoms with Crippen LogP contribution in [0.3, 0.4) is 0 Å². The Hall–Kier alpha value is -2.07. The normalized spacial score (nSPS) is 10.3. The van der Waals surface area contributed by atoms with Gasteiger partial charge in [0.1, 0.15) is 5.82 Å². The van der Waals surface area contributed by atoms with E-state index in [1.165, 1.54) is 44.6 Å². The molecule has 0 bridgehead atoms. The zero-order valence-corrected chi connectivity index (χ0v) is 12.6. The summed E-state index contributed by atoms with van der Waals surface area (Å²) >= 11 is 6.14. The number of hydrogen-bond acceptors (Lipinski definition) is 3. The number of ketones is 1. The first kappa shape index (κ1) is 15.3. The summed E-state index contributed by atoms with van der Waals surface area (Å²) in [7, 11) is 2.96. The fourth-order valence-electron chi connectivity index (χ4n) is 2.06. The van der Waals surface area contributed by atoms with Crippen LogP contribution in [0.1, 0.15) is 21.5 Å². The number of hydrogen-bond donors (Lipinski definition) is 0. The molecule has 5 heteroatoms. The van der Waals surface area contributed by atoms with Crippen molar-refractivity contribution in [1.82, 2.24) is 0 Å². The first-order valence-electron chi connectivity index (χ1n) is 6.20. The van der Waals surface area contributed by atoms with E-state index in [4.69, 9.17) is 21.1 Å². The monoisotopic (exact) mass is 308 g/mol. The van der Waals surface area contributed by atoms with Crippen molar-refractivity contribution in [2.24, 2.45) is 0 Å². The number of rotatable bonds is 4. The summed E-state index contributed by atoms with van der Waals surface area (Å²) in [6, 6.07) is 7.04. The molecule has 0 unspecified atom stereocenters. The molecule has 0 aliphatic heterocycles. The van der Waals surface area contributed by atoms with Crippen LogP contribution in [-0.2, 0) is 0 Å². The van der Waals surface area contributed by atoms with E-state index in [1.54, 1.807) is 6.92 Å². The highest BCUT2D eigenvalue weighted by Crippen LogP contribution is 2.34. The Labute approximate surface area is 127 Å². The minimum Gasteiger partial charge on any atom is -0.493 e. The van der Waals surface area contributed by atoms with Gasteiger partial charge in [-0.1, -0.05) is 11.6 Å². The highest BCUT2D eigenvalue weighted by Gasteiger charge is 2.19. The van der Waals surface area contributed by atoms with E-state index in [-0.39, 0.29) is 22.2 Å². The summed E-state index contributed by atoms with van der Waals surface area (Å²) < 4.78 is 23.4. The van der Waals surface area contributed by atoms with Crippen LogP contribution >= 0.6 is 11.6 Å². The van der Waals surface area contributed by atoms with Gasteiger partial charge in [0.2, 0.25) is 0 Å². The molecule has 2 aromatic rings. The average molecular weight is 309 g/mol. The number of ether oxygens (including phenoxy) is 2. The van der Waals surface area contributed by atoms with Gasteiger partial charge in [0.15, 0.2) is 17.3 Å². The molecule has 21 heavy (non-hydrogen) atoms. The Morgan fingerprint density at radius 2 is 1.67 bits per heavy atom. The van der Waals surface area contributed by atoms with E-state index in [2.05, 4.69) is 0 Å². The van der Waals surface area contributed by atoms with Crippen molar-refractivity contribution in [3.8, 4) is 11.5 Å². The summed E-state index contributed by atoms with van der Waals surface area (Å²) in [5.74, 6) is 0.167. The van der Waals surface area contributed by atoms with Gasteiger partial charge in [-0.3, -0.25) is 4.79 Å². The van der Waals surface area contributed by atoms with E-state index >= 15 is 0 Å². The maximum absolute atomic E-state index is 13.1. The third-order valence-corrected chi connectivity index (χ3v) is 3.46. The Kier molecular flexibility index (Phi) is 4.48. The van der Waals surface area contributed by atoms with Gasteiger partial charge in [0.05, 0.1) is 19.2 Å². The van der Waals surface area contributed by atoms with Crippen molar-refractivity contribution in [2.75, 3.05) is 14.2 Å². The number of aryl methyl sites for hydroxylation is 1. The fourth-order valence-corrected chi connectivity index (χ4v) is 2.29. The molecular formula is C16H14ClFO3. The minimum absolute atomic E-state index is 0.251. The summed E-state index contributed by atoms with van der Waals surface area (Å²) in [5.41, 5.74) is 1.22. The van der Waals surface area contributed by atoms with Gasteiger partial charge >= 0.3 is 0 Å². The van der Waals surface area contributed by atoms with Gasteiger partial charge in [0.25, 0.3) is 0 Å². The maximum Gasteiger partial charge on any atom is 0.194 e. The van der Waals surface area contributed by atoms with Crippen molar-refractivity contribution < 1.29 is 18.7 Å². The standard InChI is InChI=1S/C16H14ClFO3/c1-9-6-10(18)4-5-11(9)16(19)12-7-14(20-2)15(21-3)8-13(12)17/h4-8H,1-3H3. The van der Waals surface area contributed by atoms with Crippen LogP contribution < -0.4 is 9.47 Å². The molecule has 0 heterocycles. The lowest BCUT2D eigenvalue weighted by molar-refractivity contribution is 0.103. The van der Waals surface area contributed by atoms with E-state index in [0.29, 0.717) is 22.6 Å². The predicted octanol–water partition coefficient (Wildman–Crippen LogP) is 4.04. The van der Waals surface area contributed by atoms with Crippen molar-refractivity contribution in [3.63, 3.8) is 0 Å². The summed E-state index contributed by atoms with van der Waals surface area (Å²) in [4.78, 5) is 12.6. The summed E-state index contributed by atoms with van der Waals surface area (Å²) in [6.07, 6.45) is 0. The number of carbonyl (C=O) groups is 1. The smallest absolute Gasteiger partial charge is 0.194 e. The van der Waals surface area contributed by atoms with Gasteiger partial charge in [-0.25, -0.2) is 4.39 Å². The Balaban J connectivity index is 2.53.